The predicted octanol–water partition coefficient (Wildman–Crippen LogP) is 3.43. The maximum absolute atomic E-state index is 4.16. The first-order valence-electron chi connectivity index (χ1n) is 5.08. The van der Waals surface area contributed by atoms with E-state index in [0.29, 0.717) is 5.82 Å². The van der Waals surface area contributed by atoms with Gasteiger partial charge in [-0.2, -0.15) is 0 Å². The average molecular weight is 225 g/mol. The van der Waals surface area contributed by atoms with E-state index in [-0.39, 0.29) is 0 Å². The van der Waals surface area contributed by atoms with Crippen molar-refractivity contribution in [2.75, 3.05) is 5.32 Å². The van der Waals surface area contributed by atoms with Crippen LogP contribution in [0.1, 0.15) is 11.3 Å². The molecule has 1 heterocycles. The van der Waals surface area contributed by atoms with Gasteiger partial charge in [-0.3, -0.25) is 0 Å². The largest absolute Gasteiger partial charge is 0.340 e. The van der Waals surface area contributed by atoms with Gasteiger partial charge < -0.3 is 5.32 Å². The third kappa shape index (κ3) is 3.01. The first-order valence-corrected chi connectivity index (χ1v) is 5.08. The van der Waals surface area contributed by atoms with Crippen LogP contribution < -0.4 is 5.32 Å². The maximum atomic E-state index is 4.16. The summed E-state index contributed by atoms with van der Waals surface area (Å²) in [6.45, 7) is 14.8. The maximum Gasteiger partial charge on any atom is 0.141 e. The molecule has 3 nitrogen and oxygen atoms in total. The topological polar surface area (TPSA) is 37.8 Å². The van der Waals surface area contributed by atoms with E-state index in [0.717, 1.165) is 17.0 Å². The molecule has 0 saturated heterocycles. The van der Waals surface area contributed by atoms with Crippen molar-refractivity contribution < 1.29 is 0 Å². The highest BCUT2D eigenvalue weighted by molar-refractivity contribution is 5.71. The molecular formula is C14H15N3. The first kappa shape index (κ1) is 12.6. The molecule has 0 aromatic carbocycles. The van der Waals surface area contributed by atoms with Crippen molar-refractivity contribution >= 4 is 18.0 Å². The molecule has 1 aromatic rings. The SMILES string of the molecule is C=C/C=C(\C=C)Nc1ncnc(C=C)c1C=C. The van der Waals surface area contributed by atoms with Crippen LogP contribution in [-0.4, -0.2) is 9.97 Å². The third-order valence-electron chi connectivity index (χ3n) is 2.09. The standard InChI is InChI=1S/C14H15N3/c1-5-9-11(6-2)17-14-12(7-3)13(8-4)15-10-16-14/h5-10H,1-4H2,(H,15,16,17)/b11-9+. The molecule has 0 unspecified atom stereocenters. The summed E-state index contributed by atoms with van der Waals surface area (Å²) >= 11 is 0. The summed E-state index contributed by atoms with van der Waals surface area (Å²) in [7, 11) is 0. The Hall–Kier alpha value is -2.42. The van der Waals surface area contributed by atoms with E-state index in [4.69, 9.17) is 0 Å². The molecule has 1 rings (SSSR count). The molecule has 0 amide bonds. The van der Waals surface area contributed by atoms with Gasteiger partial charge >= 0.3 is 0 Å². The van der Waals surface area contributed by atoms with Crippen LogP contribution in [0.4, 0.5) is 5.82 Å². The first-order chi connectivity index (χ1) is 8.26. The molecule has 3 heteroatoms. The van der Waals surface area contributed by atoms with Gasteiger partial charge in [0.2, 0.25) is 0 Å². The Labute approximate surface area is 102 Å². The molecule has 0 fully saturated rings. The monoisotopic (exact) mass is 225 g/mol. The van der Waals surface area contributed by atoms with E-state index in [1.807, 2.05) is 0 Å². The molecule has 0 bridgehead atoms. The molecule has 0 aliphatic rings. The van der Waals surface area contributed by atoms with E-state index >= 15 is 0 Å². The Balaban J connectivity index is 3.18. The zero-order valence-electron chi connectivity index (χ0n) is 9.69. The van der Waals surface area contributed by atoms with Gasteiger partial charge in [0.15, 0.2) is 0 Å². The lowest BCUT2D eigenvalue weighted by molar-refractivity contribution is 1.14. The van der Waals surface area contributed by atoms with Crippen LogP contribution in [0.2, 0.25) is 0 Å². The molecule has 86 valence electrons. The summed E-state index contributed by atoms with van der Waals surface area (Å²) in [6.07, 6.45) is 9.98. The molecule has 1 N–H and O–H groups in total. The number of nitrogens with one attached hydrogen (secondary N) is 1. The van der Waals surface area contributed by atoms with Crippen LogP contribution in [0.15, 0.2) is 56.6 Å². The molecule has 0 aliphatic carbocycles. The number of allylic oxidation sites excluding steroid dienone is 3. The summed E-state index contributed by atoms with van der Waals surface area (Å²) < 4.78 is 0. The predicted molar refractivity (Wildman–Crippen MR) is 74.3 cm³/mol. The second-order valence-corrected chi connectivity index (χ2v) is 3.12. The number of nitrogens with zero attached hydrogens (tertiary/aromatic N) is 2. The molecule has 17 heavy (non-hydrogen) atoms. The summed E-state index contributed by atoms with van der Waals surface area (Å²) in [5.74, 6) is 0.665. The highest BCUT2D eigenvalue weighted by Crippen LogP contribution is 2.19. The number of rotatable bonds is 6. The van der Waals surface area contributed by atoms with Crippen LogP contribution in [0.5, 0.6) is 0 Å². The Morgan fingerprint density at radius 3 is 2.41 bits per heavy atom. The van der Waals surface area contributed by atoms with Gasteiger partial charge in [-0.25, -0.2) is 9.97 Å². The number of aromatic nitrogens is 2. The summed E-state index contributed by atoms with van der Waals surface area (Å²) in [6, 6.07) is 0. The van der Waals surface area contributed by atoms with Crippen LogP contribution in [0.3, 0.4) is 0 Å². The van der Waals surface area contributed by atoms with Gasteiger partial charge in [0.05, 0.1) is 5.69 Å². The second kappa shape index (κ2) is 6.23. The molecule has 0 radical (unpaired) electrons. The van der Waals surface area contributed by atoms with Crippen LogP contribution in [-0.2, 0) is 0 Å². The fourth-order valence-electron chi connectivity index (χ4n) is 1.30. The lowest BCUT2D eigenvalue weighted by Crippen LogP contribution is -2.03. The van der Waals surface area contributed by atoms with Crippen molar-refractivity contribution in [2.24, 2.45) is 0 Å². The van der Waals surface area contributed by atoms with E-state index in [1.54, 1.807) is 30.4 Å². The van der Waals surface area contributed by atoms with Gasteiger partial charge in [-0.1, -0.05) is 38.5 Å². The minimum Gasteiger partial charge on any atom is -0.340 e. The average Bonchev–Trinajstić information content (AvgIpc) is 2.37. The van der Waals surface area contributed by atoms with Gasteiger partial charge in [0.1, 0.15) is 12.1 Å². The fourth-order valence-corrected chi connectivity index (χ4v) is 1.30. The number of hydrogen-bond acceptors (Lipinski definition) is 3. The Kier molecular flexibility index (Phi) is 4.63. The van der Waals surface area contributed by atoms with E-state index in [1.165, 1.54) is 6.33 Å². The normalized spacial score (nSPS) is 10.5. The quantitative estimate of drug-likeness (QED) is 0.754. The lowest BCUT2D eigenvalue weighted by Gasteiger charge is -2.10. The van der Waals surface area contributed by atoms with Crippen molar-refractivity contribution in [1.29, 1.82) is 0 Å². The molecule has 0 aliphatic heterocycles. The number of hydrogen-bond donors (Lipinski definition) is 1. The van der Waals surface area contributed by atoms with Gasteiger partial charge in [-0.15, -0.1) is 0 Å². The minimum atomic E-state index is 0.665. The van der Waals surface area contributed by atoms with Crippen molar-refractivity contribution in [2.45, 2.75) is 0 Å². The zero-order chi connectivity index (χ0) is 12.7. The smallest absolute Gasteiger partial charge is 0.141 e. The lowest BCUT2D eigenvalue weighted by atomic mass is 10.2. The minimum absolute atomic E-state index is 0.665. The highest BCUT2D eigenvalue weighted by Gasteiger charge is 2.05. The van der Waals surface area contributed by atoms with Gasteiger partial charge in [0, 0.05) is 11.3 Å². The van der Waals surface area contributed by atoms with Gasteiger partial charge in [0.25, 0.3) is 0 Å². The Bertz CT molecular complexity index is 484. The Morgan fingerprint density at radius 2 is 1.88 bits per heavy atom. The summed E-state index contributed by atoms with van der Waals surface area (Å²) in [5, 5.41) is 3.13. The van der Waals surface area contributed by atoms with Crippen molar-refractivity contribution in [1.82, 2.24) is 9.97 Å². The molecule has 0 atom stereocenters. The van der Waals surface area contributed by atoms with Crippen molar-refractivity contribution in [3.8, 4) is 0 Å². The van der Waals surface area contributed by atoms with Crippen molar-refractivity contribution in [3.63, 3.8) is 0 Å². The molecule has 1 aromatic heterocycles. The summed E-state index contributed by atoms with van der Waals surface area (Å²) in [5.41, 5.74) is 2.34. The fraction of sp³-hybridized carbons (Fsp3) is 0. The van der Waals surface area contributed by atoms with E-state index < -0.39 is 0 Å². The molecule has 0 saturated carbocycles. The summed E-state index contributed by atoms with van der Waals surface area (Å²) in [4.78, 5) is 8.27. The van der Waals surface area contributed by atoms with Crippen molar-refractivity contribution in [3.05, 3.63) is 67.8 Å². The second-order valence-electron chi connectivity index (χ2n) is 3.12. The highest BCUT2D eigenvalue weighted by atomic mass is 15.0. The molecule has 0 spiro atoms. The van der Waals surface area contributed by atoms with E-state index in [2.05, 4.69) is 41.6 Å². The third-order valence-corrected chi connectivity index (χ3v) is 2.09. The Morgan fingerprint density at radius 1 is 1.12 bits per heavy atom. The van der Waals surface area contributed by atoms with Gasteiger partial charge in [-0.05, 0) is 18.2 Å². The number of anilines is 1. The van der Waals surface area contributed by atoms with Crippen LogP contribution in [0, 0.1) is 0 Å². The van der Waals surface area contributed by atoms with E-state index in [9.17, 15) is 0 Å². The van der Waals surface area contributed by atoms with Crippen LogP contribution in [0.25, 0.3) is 12.2 Å². The van der Waals surface area contributed by atoms with Crippen LogP contribution >= 0.6 is 0 Å². The molecular weight excluding hydrogens is 210 g/mol. The zero-order valence-corrected chi connectivity index (χ0v) is 9.69.